The van der Waals surface area contributed by atoms with Crippen LogP contribution in [0.15, 0.2) is 35.7 Å². The van der Waals surface area contributed by atoms with Crippen molar-refractivity contribution in [3.63, 3.8) is 0 Å². The van der Waals surface area contributed by atoms with Gasteiger partial charge in [-0.2, -0.15) is 0 Å². The van der Waals surface area contributed by atoms with Crippen molar-refractivity contribution in [1.82, 2.24) is 10.3 Å². The molecule has 0 fully saturated rings. The Morgan fingerprint density at radius 3 is 2.71 bits per heavy atom. The number of rotatable bonds is 6. The van der Waals surface area contributed by atoms with Gasteiger partial charge in [0.05, 0.1) is 6.61 Å². The predicted octanol–water partition coefficient (Wildman–Crippen LogP) is 1.25. The zero-order valence-corrected chi connectivity index (χ0v) is 12.2. The van der Waals surface area contributed by atoms with Gasteiger partial charge in [-0.3, -0.25) is 9.59 Å². The zero-order valence-electron chi connectivity index (χ0n) is 11.4. The van der Waals surface area contributed by atoms with Crippen molar-refractivity contribution >= 4 is 23.2 Å². The minimum absolute atomic E-state index is 0.245. The first-order valence-electron chi connectivity index (χ1n) is 6.20. The van der Waals surface area contributed by atoms with E-state index in [1.807, 2.05) is 6.07 Å². The van der Waals surface area contributed by atoms with Crippen LogP contribution in [0.3, 0.4) is 0 Å². The molecule has 0 bridgehead atoms. The van der Waals surface area contributed by atoms with Crippen LogP contribution in [-0.4, -0.2) is 23.9 Å². The van der Waals surface area contributed by atoms with E-state index >= 15 is 0 Å². The van der Waals surface area contributed by atoms with E-state index in [-0.39, 0.29) is 5.69 Å². The fraction of sp³-hybridized carbons (Fsp3) is 0.214. The molecular formula is C14H15N3O3S. The average Bonchev–Trinajstić information content (AvgIpc) is 2.94. The van der Waals surface area contributed by atoms with Crippen LogP contribution in [0.2, 0.25) is 0 Å². The maximum absolute atomic E-state index is 12.1. The van der Waals surface area contributed by atoms with Gasteiger partial charge in [0.2, 0.25) is 5.91 Å². The summed E-state index contributed by atoms with van der Waals surface area (Å²) in [4.78, 5) is 27.8. The normalized spacial score (nSPS) is 11.9. The molecule has 3 N–H and O–H groups in total. The summed E-state index contributed by atoms with van der Waals surface area (Å²) in [7, 11) is 1.56. The first-order chi connectivity index (χ1) is 10.1. The van der Waals surface area contributed by atoms with Crippen molar-refractivity contribution in [2.24, 2.45) is 5.73 Å². The number of hydrogen-bond acceptors (Lipinski definition) is 5. The van der Waals surface area contributed by atoms with Gasteiger partial charge in [-0.15, -0.1) is 11.3 Å². The van der Waals surface area contributed by atoms with Gasteiger partial charge in [-0.1, -0.05) is 30.3 Å². The van der Waals surface area contributed by atoms with E-state index in [2.05, 4.69) is 10.3 Å². The van der Waals surface area contributed by atoms with Crippen molar-refractivity contribution in [1.29, 1.82) is 0 Å². The van der Waals surface area contributed by atoms with Gasteiger partial charge in [-0.05, 0) is 5.56 Å². The van der Waals surface area contributed by atoms with Gasteiger partial charge in [0.15, 0.2) is 0 Å². The summed E-state index contributed by atoms with van der Waals surface area (Å²) in [6, 6.07) is 7.95. The number of ether oxygens (including phenoxy) is 1. The van der Waals surface area contributed by atoms with Crippen LogP contribution in [0.5, 0.6) is 0 Å². The van der Waals surface area contributed by atoms with Gasteiger partial charge < -0.3 is 15.8 Å². The molecule has 0 radical (unpaired) electrons. The number of hydrogen-bond donors (Lipinski definition) is 2. The zero-order chi connectivity index (χ0) is 15.2. The number of primary amides is 1. The Balaban J connectivity index is 2.13. The monoisotopic (exact) mass is 305 g/mol. The summed E-state index contributed by atoms with van der Waals surface area (Å²) in [5.41, 5.74) is 6.23. The molecule has 2 rings (SSSR count). The molecule has 0 aliphatic heterocycles. The first-order valence-corrected chi connectivity index (χ1v) is 7.08. The highest BCUT2D eigenvalue weighted by atomic mass is 32.1. The van der Waals surface area contributed by atoms with E-state index in [0.29, 0.717) is 17.2 Å². The molecule has 2 amide bonds. The fourth-order valence-corrected chi connectivity index (χ4v) is 2.52. The van der Waals surface area contributed by atoms with Crippen molar-refractivity contribution in [2.75, 3.05) is 7.11 Å². The maximum Gasteiger partial charge on any atom is 0.271 e. The topological polar surface area (TPSA) is 94.3 Å². The molecule has 0 aliphatic rings. The number of carbonyl (C=O) groups is 2. The number of nitrogens with zero attached hydrogens (tertiary/aromatic N) is 1. The maximum atomic E-state index is 12.1. The van der Waals surface area contributed by atoms with E-state index in [1.54, 1.807) is 36.8 Å². The number of thiazole rings is 1. The first kappa shape index (κ1) is 15.1. The summed E-state index contributed by atoms with van der Waals surface area (Å²) >= 11 is 1.32. The Labute approximate surface area is 125 Å². The Morgan fingerprint density at radius 2 is 2.10 bits per heavy atom. The van der Waals surface area contributed by atoms with E-state index < -0.39 is 17.9 Å². The quantitative estimate of drug-likeness (QED) is 0.839. The van der Waals surface area contributed by atoms with Crippen LogP contribution < -0.4 is 11.1 Å². The van der Waals surface area contributed by atoms with E-state index in [9.17, 15) is 9.59 Å². The van der Waals surface area contributed by atoms with E-state index in [1.165, 1.54) is 11.3 Å². The molecule has 0 saturated heterocycles. The molecule has 1 aromatic carbocycles. The molecule has 6 nitrogen and oxygen atoms in total. The Hall–Kier alpha value is -2.25. The van der Waals surface area contributed by atoms with Crippen molar-refractivity contribution in [3.8, 4) is 0 Å². The third-order valence-corrected chi connectivity index (χ3v) is 3.57. The largest absolute Gasteiger partial charge is 0.378 e. The van der Waals surface area contributed by atoms with Crippen LogP contribution in [-0.2, 0) is 16.1 Å². The molecule has 0 spiro atoms. The predicted molar refractivity (Wildman–Crippen MR) is 78.7 cm³/mol. The number of carbonyl (C=O) groups excluding carboxylic acids is 2. The molecule has 1 heterocycles. The minimum Gasteiger partial charge on any atom is -0.378 e. The number of amides is 2. The van der Waals surface area contributed by atoms with Crippen molar-refractivity contribution in [3.05, 3.63) is 52.0 Å². The highest BCUT2D eigenvalue weighted by Gasteiger charge is 2.22. The molecule has 1 atom stereocenters. The van der Waals surface area contributed by atoms with E-state index in [0.717, 1.165) is 0 Å². The Bertz CT molecular complexity index is 627. The lowest BCUT2D eigenvalue weighted by atomic mass is 10.1. The lowest BCUT2D eigenvalue weighted by Gasteiger charge is -2.14. The molecule has 0 aliphatic carbocycles. The van der Waals surface area contributed by atoms with Crippen molar-refractivity contribution in [2.45, 2.75) is 12.6 Å². The second-order valence-electron chi connectivity index (χ2n) is 4.28. The molecule has 1 unspecified atom stereocenters. The highest BCUT2D eigenvalue weighted by Crippen LogP contribution is 2.15. The summed E-state index contributed by atoms with van der Waals surface area (Å²) in [5, 5.41) is 4.90. The number of nitrogens with two attached hydrogens (primary N) is 1. The Kier molecular flexibility index (Phi) is 5.02. The van der Waals surface area contributed by atoms with Crippen LogP contribution in [0, 0.1) is 0 Å². The van der Waals surface area contributed by atoms with Crippen LogP contribution in [0.4, 0.5) is 0 Å². The third-order valence-electron chi connectivity index (χ3n) is 2.75. The molecule has 7 heteroatoms. The summed E-state index contributed by atoms with van der Waals surface area (Å²) in [5.74, 6) is -1.07. The van der Waals surface area contributed by atoms with Gasteiger partial charge >= 0.3 is 0 Å². The number of aromatic nitrogens is 1. The number of benzene rings is 1. The van der Waals surface area contributed by atoms with Gasteiger partial charge in [0.25, 0.3) is 5.91 Å². The average molecular weight is 305 g/mol. The lowest BCUT2D eigenvalue weighted by Crippen LogP contribution is -2.37. The molecular weight excluding hydrogens is 290 g/mol. The smallest absolute Gasteiger partial charge is 0.271 e. The fourth-order valence-electron chi connectivity index (χ4n) is 1.77. The summed E-state index contributed by atoms with van der Waals surface area (Å²) < 4.78 is 4.95. The molecule has 1 aromatic heterocycles. The summed E-state index contributed by atoms with van der Waals surface area (Å²) in [6.45, 7) is 0.343. The summed E-state index contributed by atoms with van der Waals surface area (Å²) in [6.07, 6.45) is 0. The second kappa shape index (κ2) is 6.96. The molecule has 110 valence electrons. The minimum atomic E-state index is -0.883. The van der Waals surface area contributed by atoms with Gasteiger partial charge in [0.1, 0.15) is 16.7 Å². The van der Waals surface area contributed by atoms with E-state index in [4.69, 9.17) is 10.5 Å². The molecule has 21 heavy (non-hydrogen) atoms. The highest BCUT2D eigenvalue weighted by molar-refractivity contribution is 7.09. The molecule has 0 saturated carbocycles. The van der Waals surface area contributed by atoms with Gasteiger partial charge in [0, 0.05) is 12.5 Å². The number of methoxy groups -OCH3 is 1. The SMILES string of the molecule is COCc1nc(C(=O)NC(C(N)=O)c2ccccc2)cs1. The molecule has 2 aromatic rings. The van der Waals surface area contributed by atoms with Crippen LogP contribution in [0.1, 0.15) is 27.1 Å². The van der Waals surface area contributed by atoms with Crippen LogP contribution >= 0.6 is 11.3 Å². The van der Waals surface area contributed by atoms with Crippen LogP contribution in [0.25, 0.3) is 0 Å². The Morgan fingerprint density at radius 1 is 1.38 bits per heavy atom. The standard InChI is InChI=1S/C14H15N3O3S/c1-20-7-11-16-10(8-21-11)14(19)17-12(13(15)18)9-5-3-2-4-6-9/h2-6,8,12H,7H2,1H3,(H2,15,18)(H,17,19). The lowest BCUT2D eigenvalue weighted by molar-refractivity contribution is -0.120. The number of nitrogens with one attached hydrogen (secondary N) is 1. The van der Waals surface area contributed by atoms with Gasteiger partial charge in [-0.25, -0.2) is 4.98 Å². The van der Waals surface area contributed by atoms with Crippen molar-refractivity contribution < 1.29 is 14.3 Å². The third kappa shape index (κ3) is 3.87. The second-order valence-corrected chi connectivity index (χ2v) is 5.22.